The summed E-state index contributed by atoms with van der Waals surface area (Å²) in [4.78, 5) is 28.3. The number of nitrogens with one attached hydrogen (secondary N) is 1. The summed E-state index contributed by atoms with van der Waals surface area (Å²) in [6, 6.07) is 12.8. The van der Waals surface area contributed by atoms with Crippen molar-refractivity contribution in [1.29, 1.82) is 0 Å². The zero-order valence-corrected chi connectivity index (χ0v) is 16.8. The van der Waals surface area contributed by atoms with Gasteiger partial charge in [0.2, 0.25) is 6.17 Å². The van der Waals surface area contributed by atoms with Crippen LogP contribution in [0, 0.1) is 5.82 Å². The number of hydrogen-bond donors (Lipinski definition) is 1. The molecule has 0 fully saturated rings. The maximum Gasteiger partial charge on any atom is 0.276 e. The Labute approximate surface area is 173 Å². The molecule has 142 valence electrons. The molecule has 1 atom stereocenters. The van der Waals surface area contributed by atoms with Crippen molar-refractivity contribution in [3.63, 3.8) is 0 Å². The third kappa shape index (κ3) is 3.67. The molecule has 9 heteroatoms. The standard InChI is InChI=1S/C19H14BrFN4O2S/c20-13-3-7-15(8-4-13)24-9-10-25-17(18(24)27)22-23-19(25)28-11-16(26)12-1-5-14(21)6-2-12/h1-10,17,22H,11H2. The summed E-state index contributed by atoms with van der Waals surface area (Å²) in [7, 11) is 0. The first-order valence-electron chi connectivity index (χ1n) is 8.33. The molecule has 2 aliphatic heterocycles. The Kier molecular flexibility index (Phi) is 5.19. The molecule has 0 aromatic heterocycles. The molecule has 0 saturated carbocycles. The fraction of sp³-hybridized carbons (Fsp3) is 0.105. The van der Waals surface area contributed by atoms with Gasteiger partial charge in [-0.2, -0.15) is 5.10 Å². The lowest BCUT2D eigenvalue weighted by Gasteiger charge is -2.31. The topological polar surface area (TPSA) is 65.0 Å². The Balaban J connectivity index is 1.42. The molecule has 2 aliphatic rings. The zero-order valence-electron chi connectivity index (χ0n) is 14.4. The minimum Gasteiger partial charge on any atom is -0.294 e. The monoisotopic (exact) mass is 460 g/mol. The Bertz CT molecular complexity index is 978. The maximum absolute atomic E-state index is 13.0. The van der Waals surface area contributed by atoms with Crippen molar-refractivity contribution in [3.05, 3.63) is 76.8 Å². The van der Waals surface area contributed by atoms with Crippen molar-refractivity contribution >= 4 is 50.2 Å². The summed E-state index contributed by atoms with van der Waals surface area (Å²) in [5, 5.41) is 4.72. The lowest BCUT2D eigenvalue weighted by atomic mass is 10.1. The van der Waals surface area contributed by atoms with Gasteiger partial charge in [0.15, 0.2) is 11.0 Å². The van der Waals surface area contributed by atoms with Crippen LogP contribution < -0.4 is 10.3 Å². The minimum atomic E-state index is -0.655. The summed E-state index contributed by atoms with van der Waals surface area (Å²) < 4.78 is 13.9. The van der Waals surface area contributed by atoms with Crippen molar-refractivity contribution in [2.45, 2.75) is 6.17 Å². The molecule has 4 rings (SSSR count). The molecule has 2 aromatic carbocycles. The van der Waals surface area contributed by atoms with Gasteiger partial charge < -0.3 is 0 Å². The number of halogens is 2. The number of ketones is 1. The van der Waals surface area contributed by atoms with E-state index in [0.717, 1.165) is 10.2 Å². The van der Waals surface area contributed by atoms with Gasteiger partial charge in [0.05, 0.1) is 5.75 Å². The Morgan fingerprint density at radius 3 is 2.57 bits per heavy atom. The number of rotatable bonds is 4. The number of nitrogens with zero attached hydrogens (tertiary/aromatic N) is 3. The molecule has 1 N–H and O–H groups in total. The number of anilines is 1. The van der Waals surface area contributed by atoms with E-state index in [1.54, 1.807) is 22.2 Å². The van der Waals surface area contributed by atoms with Crippen LogP contribution in [0.5, 0.6) is 0 Å². The first-order chi connectivity index (χ1) is 13.5. The molecule has 0 bridgehead atoms. The zero-order chi connectivity index (χ0) is 19.7. The summed E-state index contributed by atoms with van der Waals surface area (Å²) >= 11 is 4.60. The van der Waals surface area contributed by atoms with Gasteiger partial charge in [-0.25, -0.2) is 4.39 Å². The lowest BCUT2D eigenvalue weighted by molar-refractivity contribution is -0.122. The van der Waals surface area contributed by atoms with Crippen LogP contribution in [0.1, 0.15) is 10.4 Å². The second-order valence-corrected chi connectivity index (χ2v) is 7.89. The first kappa shape index (κ1) is 18.7. The SMILES string of the molecule is O=C(CSC1=NNC2C(=O)N(c3ccc(Br)cc3)C=CN12)c1ccc(F)cc1. The largest absolute Gasteiger partial charge is 0.294 e. The molecule has 0 radical (unpaired) electrons. The average molecular weight is 461 g/mol. The number of amides is 1. The summed E-state index contributed by atoms with van der Waals surface area (Å²) in [5.74, 6) is -0.564. The van der Waals surface area contributed by atoms with Crippen LogP contribution in [0.2, 0.25) is 0 Å². The predicted octanol–water partition coefficient (Wildman–Crippen LogP) is 3.52. The lowest BCUT2D eigenvalue weighted by Crippen LogP contribution is -2.52. The van der Waals surface area contributed by atoms with E-state index in [4.69, 9.17) is 0 Å². The molecule has 0 aliphatic carbocycles. The Hall–Kier alpha value is -2.65. The quantitative estimate of drug-likeness (QED) is 0.707. The number of hydrogen-bond acceptors (Lipinski definition) is 6. The Morgan fingerprint density at radius 2 is 1.86 bits per heavy atom. The molecule has 2 aromatic rings. The molecule has 28 heavy (non-hydrogen) atoms. The van der Waals surface area contributed by atoms with E-state index >= 15 is 0 Å². The number of benzene rings is 2. The van der Waals surface area contributed by atoms with Gasteiger partial charge in [-0.15, -0.1) is 0 Å². The Morgan fingerprint density at radius 1 is 1.14 bits per heavy atom. The fourth-order valence-corrected chi connectivity index (χ4v) is 3.91. The third-order valence-electron chi connectivity index (χ3n) is 4.23. The number of amidine groups is 1. The van der Waals surface area contributed by atoms with Gasteiger partial charge in [0.1, 0.15) is 5.82 Å². The predicted molar refractivity (Wildman–Crippen MR) is 110 cm³/mol. The number of thioether (sulfide) groups is 1. The van der Waals surface area contributed by atoms with Crippen LogP contribution in [-0.4, -0.2) is 33.7 Å². The van der Waals surface area contributed by atoms with Crippen molar-refractivity contribution < 1.29 is 14.0 Å². The number of fused-ring (bicyclic) bond motifs is 1. The maximum atomic E-state index is 13.0. The van der Waals surface area contributed by atoms with Gasteiger partial charge in [0, 0.05) is 28.1 Å². The molecule has 1 unspecified atom stereocenters. The molecule has 1 amide bonds. The van der Waals surface area contributed by atoms with Gasteiger partial charge >= 0.3 is 0 Å². The highest BCUT2D eigenvalue weighted by Crippen LogP contribution is 2.27. The number of carbonyl (C=O) groups is 2. The normalized spacial score (nSPS) is 18.0. The third-order valence-corrected chi connectivity index (χ3v) is 5.73. The molecule has 0 saturated heterocycles. The van der Waals surface area contributed by atoms with Crippen LogP contribution in [0.4, 0.5) is 10.1 Å². The second kappa shape index (κ2) is 7.76. The van der Waals surface area contributed by atoms with Gasteiger partial charge in [0.25, 0.3) is 5.91 Å². The molecular formula is C19H14BrFN4O2S. The van der Waals surface area contributed by atoms with E-state index < -0.39 is 6.17 Å². The van der Waals surface area contributed by atoms with E-state index in [9.17, 15) is 14.0 Å². The van der Waals surface area contributed by atoms with Crippen LogP contribution in [0.3, 0.4) is 0 Å². The van der Waals surface area contributed by atoms with Gasteiger partial charge in [-0.3, -0.25) is 24.8 Å². The van der Waals surface area contributed by atoms with E-state index in [1.807, 2.05) is 24.3 Å². The molecule has 6 nitrogen and oxygen atoms in total. The van der Waals surface area contributed by atoms with Crippen molar-refractivity contribution in [2.24, 2.45) is 5.10 Å². The van der Waals surface area contributed by atoms with Crippen molar-refractivity contribution in [3.8, 4) is 0 Å². The molecule has 0 spiro atoms. The van der Waals surface area contributed by atoms with E-state index in [2.05, 4.69) is 26.5 Å². The number of carbonyl (C=O) groups excluding carboxylic acids is 2. The fourth-order valence-electron chi connectivity index (χ4n) is 2.79. The van der Waals surface area contributed by atoms with Crippen molar-refractivity contribution in [1.82, 2.24) is 10.3 Å². The second-order valence-electron chi connectivity index (χ2n) is 6.03. The molecular weight excluding hydrogens is 447 g/mol. The van der Waals surface area contributed by atoms with Crippen LogP contribution in [0.25, 0.3) is 0 Å². The number of hydrazone groups is 1. The van der Waals surface area contributed by atoms with Crippen LogP contribution in [0.15, 0.2) is 70.5 Å². The van der Waals surface area contributed by atoms with Crippen molar-refractivity contribution in [2.75, 3.05) is 10.7 Å². The van der Waals surface area contributed by atoms with E-state index in [1.165, 1.54) is 36.0 Å². The highest BCUT2D eigenvalue weighted by atomic mass is 79.9. The highest BCUT2D eigenvalue weighted by Gasteiger charge is 2.38. The van der Waals surface area contributed by atoms with Crippen LogP contribution in [-0.2, 0) is 4.79 Å². The first-order valence-corrected chi connectivity index (χ1v) is 10.1. The smallest absolute Gasteiger partial charge is 0.276 e. The minimum absolute atomic E-state index is 0.133. The van der Waals surface area contributed by atoms with Gasteiger partial charge in [-0.05, 0) is 48.5 Å². The molecule has 2 heterocycles. The summed E-state index contributed by atoms with van der Waals surface area (Å²) in [6.07, 6.45) is 2.77. The van der Waals surface area contributed by atoms with E-state index in [-0.39, 0.29) is 23.3 Å². The summed E-state index contributed by atoms with van der Waals surface area (Å²) in [6.45, 7) is 0. The van der Waals surface area contributed by atoms with Gasteiger partial charge in [-0.1, -0.05) is 27.7 Å². The summed E-state index contributed by atoms with van der Waals surface area (Å²) in [5.41, 5.74) is 4.00. The van der Waals surface area contributed by atoms with E-state index in [0.29, 0.717) is 10.7 Å². The van der Waals surface area contributed by atoms with Crippen LogP contribution >= 0.6 is 27.7 Å². The number of Topliss-reactive ketones (excluding diaryl/α,β-unsaturated/α-hetero) is 1. The highest BCUT2D eigenvalue weighted by molar-refractivity contribution is 9.10. The average Bonchev–Trinajstić information content (AvgIpc) is 3.12.